The third-order valence-corrected chi connectivity index (χ3v) is 5.01. The summed E-state index contributed by atoms with van der Waals surface area (Å²) >= 11 is 6.36. The molecule has 0 saturated heterocycles. The zero-order valence-electron chi connectivity index (χ0n) is 18.2. The summed E-state index contributed by atoms with van der Waals surface area (Å²) in [6.45, 7) is 3.99. The first-order valence-electron chi connectivity index (χ1n) is 10.2. The van der Waals surface area contributed by atoms with Crippen LogP contribution in [0.1, 0.15) is 30.5 Å². The highest BCUT2D eigenvalue weighted by Crippen LogP contribution is 2.43. The molecule has 10 heteroatoms. The molecule has 0 aliphatic rings. The van der Waals surface area contributed by atoms with Gasteiger partial charge in [0.05, 0.1) is 27.8 Å². The summed E-state index contributed by atoms with van der Waals surface area (Å²) in [5, 5.41) is 11.4. The number of hydrogen-bond donors (Lipinski definition) is 0. The maximum Gasteiger partial charge on any atom is 0.416 e. The zero-order chi connectivity index (χ0) is 24.9. The van der Waals surface area contributed by atoms with Gasteiger partial charge in [-0.15, -0.1) is 0 Å². The molecule has 34 heavy (non-hydrogen) atoms. The van der Waals surface area contributed by atoms with Gasteiger partial charge < -0.3 is 9.47 Å². The first-order valence-corrected chi connectivity index (χ1v) is 10.6. The first kappa shape index (κ1) is 25.0. The van der Waals surface area contributed by atoms with Crippen LogP contribution in [0, 0.1) is 10.1 Å². The number of benzene rings is 3. The van der Waals surface area contributed by atoms with Gasteiger partial charge in [-0.3, -0.25) is 15.1 Å². The fourth-order valence-electron chi connectivity index (χ4n) is 3.02. The smallest absolute Gasteiger partial charge is 0.416 e. The van der Waals surface area contributed by atoms with Crippen LogP contribution in [0.25, 0.3) is 0 Å². The van der Waals surface area contributed by atoms with Gasteiger partial charge in [-0.1, -0.05) is 30.7 Å². The quantitative estimate of drug-likeness (QED) is 0.183. The Morgan fingerprint density at radius 3 is 2.35 bits per heavy atom. The van der Waals surface area contributed by atoms with E-state index < -0.39 is 28.1 Å². The number of aryl methyl sites for hydroxylation is 1. The van der Waals surface area contributed by atoms with Gasteiger partial charge in [-0.05, 0) is 60.9 Å². The van der Waals surface area contributed by atoms with E-state index in [4.69, 9.17) is 21.1 Å². The van der Waals surface area contributed by atoms with E-state index in [2.05, 4.69) is 11.9 Å². The number of nitro benzene ring substituents is 1. The lowest BCUT2D eigenvalue weighted by Gasteiger charge is -2.15. The summed E-state index contributed by atoms with van der Waals surface area (Å²) in [7, 11) is 0. The lowest BCUT2D eigenvalue weighted by Crippen LogP contribution is -2.06. The van der Waals surface area contributed by atoms with E-state index >= 15 is 0 Å². The number of ether oxygens (including phenoxy) is 2. The molecule has 0 radical (unpaired) electrons. The Hall–Kier alpha value is -3.59. The molecule has 3 rings (SSSR count). The molecule has 0 fully saturated rings. The van der Waals surface area contributed by atoms with Crippen molar-refractivity contribution in [3.05, 3.63) is 86.4 Å². The van der Waals surface area contributed by atoms with E-state index in [-0.39, 0.29) is 23.1 Å². The fraction of sp³-hybridized carbons (Fsp3) is 0.208. The SMILES string of the molecule is CCOc1cc(C=Nc2ccc(CC)cc2)cc(Cl)c1Oc1ccc(C(F)(F)F)cc1[N+](=O)[O-]. The van der Waals surface area contributed by atoms with Gasteiger partial charge in [-0.25, -0.2) is 0 Å². The van der Waals surface area contributed by atoms with Gasteiger partial charge in [0, 0.05) is 12.3 Å². The maximum absolute atomic E-state index is 13.0. The number of rotatable bonds is 8. The highest BCUT2D eigenvalue weighted by molar-refractivity contribution is 6.32. The van der Waals surface area contributed by atoms with E-state index in [1.165, 1.54) is 11.6 Å². The van der Waals surface area contributed by atoms with Crippen LogP contribution in [-0.2, 0) is 12.6 Å². The molecule has 0 aromatic heterocycles. The molecule has 3 aromatic carbocycles. The fourth-order valence-corrected chi connectivity index (χ4v) is 3.28. The summed E-state index contributed by atoms with van der Waals surface area (Å²) in [6, 6.07) is 12.8. The van der Waals surface area contributed by atoms with Gasteiger partial charge >= 0.3 is 11.9 Å². The van der Waals surface area contributed by atoms with Crippen molar-refractivity contribution in [3.63, 3.8) is 0 Å². The van der Waals surface area contributed by atoms with Crippen molar-refractivity contribution in [2.45, 2.75) is 26.4 Å². The summed E-state index contributed by atoms with van der Waals surface area (Å²) in [6.07, 6.45) is -2.26. The van der Waals surface area contributed by atoms with E-state index in [9.17, 15) is 23.3 Å². The molecule has 0 aliphatic carbocycles. The van der Waals surface area contributed by atoms with Crippen LogP contribution in [0.15, 0.2) is 59.6 Å². The van der Waals surface area contributed by atoms with Crippen molar-refractivity contribution in [1.29, 1.82) is 0 Å². The van der Waals surface area contributed by atoms with Crippen LogP contribution in [0.3, 0.4) is 0 Å². The number of hydrogen-bond acceptors (Lipinski definition) is 5. The van der Waals surface area contributed by atoms with Crippen molar-refractivity contribution >= 4 is 29.2 Å². The Bertz CT molecular complexity index is 1210. The van der Waals surface area contributed by atoms with Crippen LogP contribution in [-0.4, -0.2) is 17.7 Å². The highest BCUT2D eigenvalue weighted by atomic mass is 35.5. The average molecular weight is 493 g/mol. The molecule has 0 unspecified atom stereocenters. The molecule has 0 amide bonds. The maximum atomic E-state index is 13.0. The molecule has 0 N–H and O–H groups in total. The normalized spacial score (nSPS) is 11.6. The van der Waals surface area contributed by atoms with Crippen LogP contribution in [0.5, 0.6) is 17.2 Å². The molecule has 0 atom stereocenters. The third kappa shape index (κ3) is 6.05. The Balaban J connectivity index is 1.96. The Kier molecular flexibility index (Phi) is 7.78. The van der Waals surface area contributed by atoms with Gasteiger partial charge in [-0.2, -0.15) is 13.2 Å². The molecule has 178 valence electrons. The molecule has 0 aliphatic heterocycles. The van der Waals surface area contributed by atoms with Crippen LogP contribution in [0.2, 0.25) is 5.02 Å². The van der Waals surface area contributed by atoms with Crippen LogP contribution < -0.4 is 9.47 Å². The number of aliphatic imine (C=N–C) groups is 1. The molecule has 0 heterocycles. The summed E-state index contributed by atoms with van der Waals surface area (Å²) < 4.78 is 50.1. The second-order valence-corrected chi connectivity index (χ2v) is 7.49. The average Bonchev–Trinajstić information content (AvgIpc) is 2.79. The monoisotopic (exact) mass is 492 g/mol. The predicted octanol–water partition coefficient (Wildman–Crippen LogP) is 7.77. The minimum absolute atomic E-state index is 0.0444. The van der Waals surface area contributed by atoms with Crippen molar-refractivity contribution in [3.8, 4) is 17.2 Å². The molecule has 0 bridgehead atoms. The van der Waals surface area contributed by atoms with Crippen molar-refractivity contribution in [2.24, 2.45) is 4.99 Å². The van der Waals surface area contributed by atoms with Crippen LogP contribution >= 0.6 is 11.6 Å². The lowest BCUT2D eigenvalue weighted by atomic mass is 10.1. The molecule has 3 aromatic rings. The van der Waals surface area contributed by atoms with Crippen molar-refractivity contribution in [2.75, 3.05) is 6.61 Å². The number of halogens is 4. The van der Waals surface area contributed by atoms with E-state index in [1.807, 2.05) is 24.3 Å². The molecule has 6 nitrogen and oxygen atoms in total. The summed E-state index contributed by atoms with van der Waals surface area (Å²) in [5.74, 6) is -0.305. The predicted molar refractivity (Wildman–Crippen MR) is 124 cm³/mol. The highest BCUT2D eigenvalue weighted by Gasteiger charge is 2.33. The standard InChI is InChI=1S/C24H20ClF3N2O4/c1-3-15-5-8-18(9-6-15)29-14-16-11-19(25)23(22(12-16)33-4-2)34-21-10-7-17(24(26,27)28)13-20(21)30(31)32/h5-14H,3-4H2,1-2H3. The number of nitro groups is 1. The van der Waals surface area contributed by atoms with E-state index in [0.29, 0.717) is 17.7 Å². The van der Waals surface area contributed by atoms with E-state index in [1.54, 1.807) is 19.2 Å². The zero-order valence-corrected chi connectivity index (χ0v) is 19.0. The summed E-state index contributed by atoms with van der Waals surface area (Å²) in [5.41, 5.74) is 0.462. The molecule has 0 spiro atoms. The topological polar surface area (TPSA) is 74.0 Å². The van der Waals surface area contributed by atoms with Crippen molar-refractivity contribution in [1.82, 2.24) is 0 Å². The molecular weight excluding hydrogens is 473 g/mol. The minimum atomic E-state index is -4.74. The Labute approximate surface area is 198 Å². The molecular formula is C24H20ClF3N2O4. The second-order valence-electron chi connectivity index (χ2n) is 7.08. The Morgan fingerprint density at radius 1 is 1.06 bits per heavy atom. The van der Waals surface area contributed by atoms with Crippen LogP contribution in [0.4, 0.5) is 24.5 Å². The Morgan fingerprint density at radius 2 is 1.76 bits per heavy atom. The van der Waals surface area contributed by atoms with Crippen molar-refractivity contribution < 1.29 is 27.6 Å². The minimum Gasteiger partial charge on any atom is -0.490 e. The van der Waals surface area contributed by atoms with Gasteiger partial charge in [0.25, 0.3) is 0 Å². The number of nitrogens with zero attached hydrogens (tertiary/aromatic N) is 2. The molecule has 0 saturated carbocycles. The third-order valence-electron chi connectivity index (χ3n) is 4.73. The van der Waals surface area contributed by atoms with E-state index in [0.717, 1.165) is 18.2 Å². The number of alkyl halides is 3. The summed E-state index contributed by atoms with van der Waals surface area (Å²) in [4.78, 5) is 14.8. The van der Waals surface area contributed by atoms with Gasteiger partial charge in [0.2, 0.25) is 5.75 Å². The van der Waals surface area contributed by atoms with Gasteiger partial charge in [0.1, 0.15) is 0 Å². The largest absolute Gasteiger partial charge is 0.490 e. The second kappa shape index (κ2) is 10.6. The lowest BCUT2D eigenvalue weighted by molar-refractivity contribution is -0.385. The first-order chi connectivity index (χ1) is 16.1. The van der Waals surface area contributed by atoms with Gasteiger partial charge in [0.15, 0.2) is 11.5 Å².